The Morgan fingerprint density at radius 1 is 1.62 bits per heavy atom. The van der Waals surface area contributed by atoms with Crippen LogP contribution in [0.25, 0.3) is 0 Å². The maximum atomic E-state index is 10.8. The van der Waals surface area contributed by atoms with Crippen LogP contribution in [0.15, 0.2) is 0 Å². The van der Waals surface area contributed by atoms with Gasteiger partial charge < -0.3 is 6.53 Å². The molecule has 4 nitrogen and oxygen atoms in total. The van der Waals surface area contributed by atoms with Crippen molar-refractivity contribution >= 4 is 17.3 Å². The number of carboxylic acid groups (broad SMARTS) is 1. The summed E-state index contributed by atoms with van der Waals surface area (Å²) in [6.45, 7) is 6.09. The molecule has 84 valence electrons. The molecule has 0 unspecified atom stereocenters. The molecule has 0 aromatic carbocycles. The maximum absolute atomic E-state index is 10.8. The van der Waals surface area contributed by atoms with Gasteiger partial charge in [0.2, 0.25) is 5.01 Å². The number of rotatable bonds is 2. The van der Waals surface area contributed by atoms with Gasteiger partial charge in [0.15, 0.2) is 0 Å². The zero-order valence-corrected chi connectivity index (χ0v) is 10.7. The molecular formula is C10H15LiN2O2S. The van der Waals surface area contributed by atoms with Crippen LogP contribution in [0.1, 0.15) is 35.6 Å². The van der Waals surface area contributed by atoms with Gasteiger partial charge in [-0.25, -0.2) is 9.78 Å². The largest absolute Gasteiger partial charge is 1.00 e. The summed E-state index contributed by atoms with van der Waals surface area (Å²) in [5, 5.41) is 9.07. The number of thiazole rings is 1. The standard InChI is InChI=1S/C10H14N2O2S.Li.H/c1-6(2)12-4-3-8-7(5-12)11-9(15-8)10(13)14;;/h6H,3-5H2,1-2H3,(H,13,14);;/q;+1;-1. The Labute approximate surface area is 112 Å². The molecular weight excluding hydrogens is 219 g/mol. The molecule has 1 aliphatic rings. The molecule has 0 atom stereocenters. The minimum Gasteiger partial charge on any atom is -1.00 e. The first kappa shape index (κ1) is 13.7. The summed E-state index contributed by atoms with van der Waals surface area (Å²) in [6.07, 6.45) is 0.929. The predicted octanol–water partition coefficient (Wildman–Crippen LogP) is -1.28. The Kier molecular flexibility index (Phi) is 4.57. The van der Waals surface area contributed by atoms with Gasteiger partial charge in [0.1, 0.15) is 0 Å². The molecule has 6 heteroatoms. The molecule has 0 saturated heterocycles. The quantitative estimate of drug-likeness (QED) is 0.648. The summed E-state index contributed by atoms with van der Waals surface area (Å²) >= 11 is 1.32. The summed E-state index contributed by atoms with van der Waals surface area (Å²) < 4.78 is 0. The number of carbonyl (C=O) groups is 1. The van der Waals surface area contributed by atoms with E-state index >= 15 is 0 Å². The van der Waals surface area contributed by atoms with E-state index in [2.05, 4.69) is 23.7 Å². The fourth-order valence-corrected chi connectivity index (χ4v) is 2.65. The van der Waals surface area contributed by atoms with Crippen LogP contribution >= 0.6 is 11.3 Å². The van der Waals surface area contributed by atoms with Crippen LogP contribution in [0.2, 0.25) is 0 Å². The van der Waals surface area contributed by atoms with Gasteiger partial charge in [-0.1, -0.05) is 0 Å². The van der Waals surface area contributed by atoms with Gasteiger partial charge in [-0.3, -0.25) is 4.90 Å². The molecule has 0 aliphatic carbocycles. The Balaban J connectivity index is 0.00000128. The molecule has 0 bridgehead atoms. The number of nitrogens with zero attached hydrogens (tertiary/aromatic N) is 2. The summed E-state index contributed by atoms with van der Waals surface area (Å²) in [6, 6.07) is 0.494. The van der Waals surface area contributed by atoms with Gasteiger partial charge in [-0.15, -0.1) is 11.3 Å². The second-order valence-electron chi connectivity index (χ2n) is 4.01. The van der Waals surface area contributed by atoms with Crippen molar-refractivity contribution in [3.8, 4) is 0 Å². The third-order valence-corrected chi connectivity index (χ3v) is 3.82. The number of aromatic carboxylic acids is 1. The van der Waals surface area contributed by atoms with E-state index in [1.165, 1.54) is 11.3 Å². The Morgan fingerprint density at radius 3 is 2.88 bits per heavy atom. The number of aromatic nitrogens is 1. The molecule has 0 spiro atoms. The Morgan fingerprint density at radius 2 is 2.31 bits per heavy atom. The van der Waals surface area contributed by atoms with Crippen LogP contribution in [0.3, 0.4) is 0 Å². The van der Waals surface area contributed by atoms with Gasteiger partial charge in [0.05, 0.1) is 5.69 Å². The number of hydrogen-bond acceptors (Lipinski definition) is 4. The maximum Gasteiger partial charge on any atom is 1.00 e. The average Bonchev–Trinajstić information content (AvgIpc) is 2.59. The molecule has 1 aliphatic heterocycles. The van der Waals surface area contributed by atoms with Crippen molar-refractivity contribution in [2.75, 3.05) is 6.54 Å². The van der Waals surface area contributed by atoms with Crippen LogP contribution < -0.4 is 18.9 Å². The monoisotopic (exact) mass is 234 g/mol. The average molecular weight is 234 g/mol. The second kappa shape index (κ2) is 5.33. The van der Waals surface area contributed by atoms with Crippen molar-refractivity contribution in [3.63, 3.8) is 0 Å². The Hall–Kier alpha value is -0.343. The van der Waals surface area contributed by atoms with Crippen molar-refractivity contribution in [3.05, 3.63) is 15.6 Å². The summed E-state index contributed by atoms with van der Waals surface area (Å²) in [5.41, 5.74) is 0.956. The minimum atomic E-state index is -0.912. The molecule has 2 heterocycles. The summed E-state index contributed by atoms with van der Waals surface area (Å²) in [7, 11) is 0. The molecule has 0 radical (unpaired) electrons. The first-order valence-electron chi connectivity index (χ1n) is 5.04. The van der Waals surface area contributed by atoms with Crippen LogP contribution in [-0.4, -0.2) is 33.5 Å². The van der Waals surface area contributed by atoms with E-state index in [1.807, 2.05) is 0 Å². The van der Waals surface area contributed by atoms with E-state index in [-0.39, 0.29) is 25.3 Å². The minimum absolute atomic E-state index is 0. The molecule has 0 amide bonds. The molecule has 1 aromatic heterocycles. The number of hydrogen-bond donors (Lipinski definition) is 1. The van der Waals surface area contributed by atoms with E-state index in [1.54, 1.807) is 0 Å². The third kappa shape index (κ3) is 2.66. The molecule has 0 saturated carbocycles. The number of fused-ring (bicyclic) bond motifs is 1. The van der Waals surface area contributed by atoms with E-state index in [9.17, 15) is 4.79 Å². The van der Waals surface area contributed by atoms with Crippen LogP contribution in [0.5, 0.6) is 0 Å². The van der Waals surface area contributed by atoms with Crippen molar-refractivity contribution in [1.82, 2.24) is 9.88 Å². The van der Waals surface area contributed by atoms with Crippen molar-refractivity contribution in [1.29, 1.82) is 0 Å². The third-order valence-electron chi connectivity index (χ3n) is 2.67. The van der Waals surface area contributed by atoms with E-state index in [0.717, 1.165) is 30.1 Å². The Bertz CT molecular complexity index is 398. The number of carboxylic acids is 1. The SMILES string of the molecule is CC(C)N1CCc2sc(C(=O)O)nc2C1.[H-].[Li+]. The second-order valence-corrected chi connectivity index (χ2v) is 5.09. The molecule has 2 rings (SSSR count). The van der Waals surface area contributed by atoms with Crippen LogP contribution in [0.4, 0.5) is 0 Å². The smallest absolute Gasteiger partial charge is 1.00 e. The van der Waals surface area contributed by atoms with Crippen LogP contribution in [-0.2, 0) is 13.0 Å². The van der Waals surface area contributed by atoms with Gasteiger partial charge in [-0.2, -0.15) is 0 Å². The normalized spacial score (nSPS) is 15.7. The molecule has 16 heavy (non-hydrogen) atoms. The van der Waals surface area contributed by atoms with E-state index in [4.69, 9.17) is 5.11 Å². The van der Waals surface area contributed by atoms with Gasteiger partial charge in [0, 0.05) is 24.0 Å². The molecule has 1 N–H and O–H groups in total. The molecule has 1 aromatic rings. The van der Waals surface area contributed by atoms with E-state index in [0.29, 0.717) is 6.04 Å². The summed E-state index contributed by atoms with van der Waals surface area (Å²) in [5.74, 6) is -0.912. The first-order valence-corrected chi connectivity index (χ1v) is 5.85. The van der Waals surface area contributed by atoms with Gasteiger partial charge in [0.25, 0.3) is 0 Å². The zero-order valence-electron chi connectivity index (χ0n) is 10.9. The fourth-order valence-electron chi connectivity index (χ4n) is 1.75. The van der Waals surface area contributed by atoms with Crippen molar-refractivity contribution in [2.45, 2.75) is 32.9 Å². The van der Waals surface area contributed by atoms with Crippen LogP contribution in [0, 0.1) is 0 Å². The van der Waals surface area contributed by atoms with Gasteiger partial charge in [-0.05, 0) is 20.3 Å². The van der Waals surface area contributed by atoms with Crippen molar-refractivity contribution in [2.24, 2.45) is 0 Å². The van der Waals surface area contributed by atoms with E-state index < -0.39 is 5.97 Å². The zero-order chi connectivity index (χ0) is 11.0. The first-order chi connectivity index (χ1) is 7.08. The van der Waals surface area contributed by atoms with Crippen molar-refractivity contribution < 1.29 is 30.2 Å². The summed E-state index contributed by atoms with van der Waals surface area (Å²) in [4.78, 5) is 18.4. The molecule has 0 fully saturated rings. The van der Waals surface area contributed by atoms with Gasteiger partial charge >= 0.3 is 24.8 Å². The topological polar surface area (TPSA) is 53.4 Å². The fraction of sp³-hybridized carbons (Fsp3) is 0.600. The predicted molar refractivity (Wildman–Crippen MR) is 59.4 cm³/mol.